The molecule has 2 rings (SSSR count). The summed E-state index contributed by atoms with van der Waals surface area (Å²) in [7, 11) is 0. The van der Waals surface area contributed by atoms with Crippen LogP contribution in [-0.2, 0) is 6.42 Å². The fourth-order valence-corrected chi connectivity index (χ4v) is 1.90. The van der Waals surface area contributed by atoms with E-state index in [2.05, 4.69) is 10.3 Å². The fraction of sp³-hybridized carbons (Fsp3) is 0.500. The second-order valence-corrected chi connectivity index (χ2v) is 5.01. The molecule has 0 spiro atoms. The minimum absolute atomic E-state index is 0.0649. The molecule has 1 aromatic rings. The van der Waals surface area contributed by atoms with Crippen molar-refractivity contribution in [2.24, 2.45) is 0 Å². The Morgan fingerprint density at radius 1 is 1.44 bits per heavy atom. The van der Waals surface area contributed by atoms with Crippen LogP contribution in [0.1, 0.15) is 26.3 Å². The summed E-state index contributed by atoms with van der Waals surface area (Å²) in [6.07, 6.45) is 2.55. The molecule has 0 bridgehead atoms. The lowest BCUT2D eigenvalue weighted by Gasteiger charge is -2.34. The first-order chi connectivity index (χ1) is 7.48. The average molecular weight is 219 g/mol. The molecule has 2 amide bonds. The molecule has 0 radical (unpaired) electrons. The number of fused-ring (bicyclic) bond motifs is 1. The van der Waals surface area contributed by atoms with E-state index in [4.69, 9.17) is 0 Å². The number of anilines is 1. The monoisotopic (exact) mass is 219 g/mol. The molecular weight excluding hydrogens is 202 g/mol. The minimum atomic E-state index is -0.161. The molecule has 4 heteroatoms. The zero-order chi connectivity index (χ0) is 11.8. The van der Waals surface area contributed by atoms with E-state index < -0.39 is 0 Å². The van der Waals surface area contributed by atoms with Crippen LogP contribution in [0.4, 0.5) is 10.6 Å². The molecule has 0 fully saturated rings. The summed E-state index contributed by atoms with van der Waals surface area (Å²) < 4.78 is 0. The van der Waals surface area contributed by atoms with Gasteiger partial charge in [-0.15, -0.1) is 0 Å². The number of nitrogens with one attached hydrogen (secondary N) is 1. The van der Waals surface area contributed by atoms with Crippen molar-refractivity contribution in [2.45, 2.75) is 32.7 Å². The Morgan fingerprint density at radius 3 is 2.88 bits per heavy atom. The van der Waals surface area contributed by atoms with Gasteiger partial charge in [0.15, 0.2) is 0 Å². The van der Waals surface area contributed by atoms with Crippen LogP contribution < -0.4 is 5.32 Å². The summed E-state index contributed by atoms with van der Waals surface area (Å²) in [5.41, 5.74) is 0.939. The van der Waals surface area contributed by atoms with Gasteiger partial charge in [-0.1, -0.05) is 6.07 Å². The van der Waals surface area contributed by atoms with Crippen LogP contribution in [0, 0.1) is 0 Å². The van der Waals surface area contributed by atoms with E-state index in [0.29, 0.717) is 5.82 Å². The van der Waals surface area contributed by atoms with Gasteiger partial charge in [-0.05, 0) is 38.8 Å². The molecule has 1 aliphatic rings. The van der Waals surface area contributed by atoms with Crippen LogP contribution in [0.25, 0.3) is 0 Å². The predicted molar refractivity (Wildman–Crippen MR) is 63.4 cm³/mol. The summed E-state index contributed by atoms with van der Waals surface area (Å²) in [4.78, 5) is 18.0. The SMILES string of the molecule is CC(C)(C)N1CCc2cccnc2NC1=O. The van der Waals surface area contributed by atoms with E-state index in [9.17, 15) is 4.79 Å². The van der Waals surface area contributed by atoms with Crippen molar-refractivity contribution in [3.05, 3.63) is 23.9 Å². The number of carbonyl (C=O) groups excluding carboxylic acids is 1. The zero-order valence-electron chi connectivity index (χ0n) is 9.95. The number of urea groups is 1. The maximum absolute atomic E-state index is 12.0. The Morgan fingerprint density at radius 2 is 2.19 bits per heavy atom. The summed E-state index contributed by atoms with van der Waals surface area (Å²) in [6.45, 7) is 6.84. The van der Waals surface area contributed by atoms with Crippen molar-refractivity contribution >= 4 is 11.8 Å². The normalized spacial score (nSPS) is 16.4. The predicted octanol–water partition coefficient (Wildman–Crippen LogP) is 2.27. The van der Waals surface area contributed by atoms with Crippen molar-refractivity contribution in [2.75, 3.05) is 11.9 Å². The van der Waals surface area contributed by atoms with Gasteiger partial charge in [0.25, 0.3) is 0 Å². The number of pyridine rings is 1. The van der Waals surface area contributed by atoms with Crippen LogP contribution in [0.2, 0.25) is 0 Å². The highest BCUT2D eigenvalue weighted by Gasteiger charge is 2.29. The van der Waals surface area contributed by atoms with E-state index in [1.807, 2.05) is 37.8 Å². The highest BCUT2D eigenvalue weighted by atomic mass is 16.2. The summed E-state index contributed by atoms with van der Waals surface area (Å²) in [5.74, 6) is 0.694. The number of hydrogen-bond donors (Lipinski definition) is 1. The van der Waals surface area contributed by atoms with Crippen molar-refractivity contribution in [1.29, 1.82) is 0 Å². The lowest BCUT2D eigenvalue weighted by molar-refractivity contribution is 0.159. The van der Waals surface area contributed by atoms with Crippen LogP contribution in [-0.4, -0.2) is 28.0 Å². The Labute approximate surface area is 95.7 Å². The minimum Gasteiger partial charge on any atom is -0.319 e. The van der Waals surface area contributed by atoms with Gasteiger partial charge < -0.3 is 4.90 Å². The van der Waals surface area contributed by atoms with Crippen molar-refractivity contribution < 1.29 is 4.79 Å². The first kappa shape index (κ1) is 10.9. The van der Waals surface area contributed by atoms with Gasteiger partial charge in [0, 0.05) is 18.3 Å². The van der Waals surface area contributed by atoms with Gasteiger partial charge in [-0.2, -0.15) is 0 Å². The molecule has 0 atom stereocenters. The molecule has 1 N–H and O–H groups in total. The maximum atomic E-state index is 12.0. The molecule has 1 aliphatic heterocycles. The molecule has 4 nitrogen and oxygen atoms in total. The number of hydrogen-bond acceptors (Lipinski definition) is 2. The Balaban J connectivity index is 2.29. The largest absolute Gasteiger partial charge is 0.323 e. The molecule has 0 aliphatic carbocycles. The highest BCUT2D eigenvalue weighted by Crippen LogP contribution is 2.22. The van der Waals surface area contributed by atoms with E-state index in [1.165, 1.54) is 0 Å². The van der Waals surface area contributed by atoms with E-state index in [1.54, 1.807) is 6.20 Å². The standard InChI is InChI=1S/C12H17N3O/c1-12(2,3)15-8-6-9-5-4-7-13-10(9)14-11(15)16/h4-5,7H,6,8H2,1-3H3,(H,13,14,16). The Bertz CT molecular complexity index is 409. The molecule has 16 heavy (non-hydrogen) atoms. The lowest BCUT2D eigenvalue weighted by atomic mass is 10.1. The third kappa shape index (κ3) is 2.01. The second kappa shape index (κ2) is 3.77. The van der Waals surface area contributed by atoms with Gasteiger partial charge in [0.1, 0.15) is 5.82 Å². The smallest absolute Gasteiger partial charge is 0.319 e. The second-order valence-electron chi connectivity index (χ2n) is 5.01. The maximum Gasteiger partial charge on any atom is 0.323 e. The molecule has 2 heterocycles. The summed E-state index contributed by atoms with van der Waals surface area (Å²) in [5, 5.41) is 2.85. The van der Waals surface area contributed by atoms with Gasteiger partial charge in [-0.25, -0.2) is 9.78 Å². The molecule has 1 aromatic heterocycles. The van der Waals surface area contributed by atoms with Crippen LogP contribution in [0.15, 0.2) is 18.3 Å². The number of aromatic nitrogens is 1. The third-order valence-electron chi connectivity index (χ3n) is 2.78. The quantitative estimate of drug-likeness (QED) is 0.727. The first-order valence-corrected chi connectivity index (χ1v) is 5.51. The molecule has 0 saturated carbocycles. The number of rotatable bonds is 0. The highest BCUT2D eigenvalue weighted by molar-refractivity contribution is 5.90. The van der Waals surface area contributed by atoms with Crippen molar-refractivity contribution in [1.82, 2.24) is 9.88 Å². The van der Waals surface area contributed by atoms with Crippen LogP contribution in [0.5, 0.6) is 0 Å². The van der Waals surface area contributed by atoms with Gasteiger partial charge in [0.2, 0.25) is 0 Å². The number of amides is 2. The third-order valence-corrected chi connectivity index (χ3v) is 2.78. The van der Waals surface area contributed by atoms with Crippen molar-refractivity contribution in [3.8, 4) is 0 Å². The van der Waals surface area contributed by atoms with Crippen LogP contribution >= 0.6 is 0 Å². The van der Waals surface area contributed by atoms with Crippen molar-refractivity contribution in [3.63, 3.8) is 0 Å². The van der Waals surface area contributed by atoms with E-state index in [0.717, 1.165) is 18.5 Å². The van der Waals surface area contributed by atoms with E-state index >= 15 is 0 Å². The zero-order valence-corrected chi connectivity index (χ0v) is 9.95. The van der Waals surface area contributed by atoms with Gasteiger partial charge >= 0.3 is 6.03 Å². The Kier molecular flexibility index (Phi) is 2.58. The first-order valence-electron chi connectivity index (χ1n) is 5.51. The lowest BCUT2D eigenvalue weighted by Crippen LogP contribution is -2.47. The molecule has 86 valence electrons. The molecule has 0 aromatic carbocycles. The van der Waals surface area contributed by atoms with E-state index in [-0.39, 0.29) is 11.6 Å². The number of carbonyl (C=O) groups is 1. The molecule has 0 unspecified atom stereocenters. The van der Waals surface area contributed by atoms with Gasteiger partial charge in [-0.3, -0.25) is 5.32 Å². The molecular formula is C12H17N3O. The Hall–Kier alpha value is -1.58. The summed E-state index contributed by atoms with van der Waals surface area (Å²) >= 11 is 0. The topological polar surface area (TPSA) is 45.2 Å². The van der Waals surface area contributed by atoms with Gasteiger partial charge in [0.05, 0.1) is 0 Å². The summed E-state index contributed by atoms with van der Waals surface area (Å²) in [6, 6.07) is 3.84. The fourth-order valence-electron chi connectivity index (χ4n) is 1.90. The molecule has 0 saturated heterocycles. The average Bonchev–Trinajstić information content (AvgIpc) is 2.34. The number of nitrogens with zero attached hydrogens (tertiary/aromatic N) is 2. The van der Waals surface area contributed by atoms with Crippen LogP contribution in [0.3, 0.4) is 0 Å².